The summed E-state index contributed by atoms with van der Waals surface area (Å²) in [6.07, 6.45) is -0.0801. The predicted molar refractivity (Wildman–Crippen MR) is 49.5 cm³/mol. The van der Waals surface area contributed by atoms with Crippen LogP contribution in [-0.2, 0) is 4.79 Å². The molecule has 6 nitrogen and oxygen atoms in total. The number of aliphatic hydroxyl groups excluding tert-OH is 1. The predicted octanol–water partition coefficient (Wildman–Crippen LogP) is -2.31. The minimum Gasteiger partial charge on any atom is -0.481 e. The van der Waals surface area contributed by atoms with Crippen LogP contribution in [0.5, 0.6) is 0 Å². The molecular formula is C6H14N3O3S+. The monoisotopic (exact) mass is 208 g/mol. The first kappa shape index (κ1) is 12.1. The maximum absolute atomic E-state index is 10.3. The van der Waals surface area contributed by atoms with Crippen LogP contribution in [0.1, 0.15) is 6.42 Å². The largest absolute Gasteiger partial charge is 0.481 e. The van der Waals surface area contributed by atoms with Crippen molar-refractivity contribution in [3.05, 3.63) is 0 Å². The summed E-state index contributed by atoms with van der Waals surface area (Å²) in [5.74, 6) is 2.05. The van der Waals surface area contributed by atoms with E-state index in [-0.39, 0.29) is 18.9 Å². The Morgan fingerprint density at radius 1 is 1.62 bits per heavy atom. The fourth-order valence-corrected chi connectivity index (χ4v) is 0.831. The van der Waals surface area contributed by atoms with Gasteiger partial charge in [0.2, 0.25) is 5.11 Å². The molecule has 7 N–H and O–H groups in total. The Morgan fingerprint density at radius 3 is 2.62 bits per heavy atom. The molecule has 76 valence electrons. The highest BCUT2D eigenvalue weighted by atomic mass is 32.1. The molecule has 0 aromatic heterocycles. The second-order valence-corrected chi connectivity index (χ2v) is 2.94. The lowest BCUT2D eigenvalue weighted by Crippen LogP contribution is -2.69. The molecule has 1 atom stereocenters. The van der Waals surface area contributed by atoms with Crippen molar-refractivity contribution in [2.24, 2.45) is 5.92 Å². The molecule has 0 heterocycles. The maximum Gasteiger partial charge on any atom is 0.303 e. The van der Waals surface area contributed by atoms with Gasteiger partial charge in [0.25, 0.3) is 0 Å². The Morgan fingerprint density at radius 2 is 2.23 bits per heavy atom. The SMILES string of the molecule is [NH3+]NC(=S)NCC(CO)CC(=O)O. The average Bonchev–Trinajstić information content (AvgIpc) is 2.10. The van der Waals surface area contributed by atoms with Crippen LogP contribution in [0.4, 0.5) is 0 Å². The van der Waals surface area contributed by atoms with Gasteiger partial charge in [0.15, 0.2) is 0 Å². The Balaban J connectivity index is 3.71. The second-order valence-electron chi connectivity index (χ2n) is 2.53. The molecule has 0 aromatic carbocycles. The summed E-state index contributed by atoms with van der Waals surface area (Å²) in [5.41, 5.74) is 2.44. The van der Waals surface area contributed by atoms with Crippen molar-refractivity contribution < 1.29 is 20.9 Å². The summed E-state index contributed by atoms with van der Waals surface area (Å²) in [6.45, 7) is 0.142. The van der Waals surface area contributed by atoms with Crippen molar-refractivity contribution >= 4 is 23.3 Å². The molecule has 7 heteroatoms. The number of quaternary nitrogens is 1. The molecular weight excluding hydrogens is 194 g/mol. The first-order valence-electron chi connectivity index (χ1n) is 3.73. The molecule has 0 radical (unpaired) electrons. The van der Waals surface area contributed by atoms with Gasteiger partial charge in [-0.2, -0.15) is 0 Å². The van der Waals surface area contributed by atoms with Crippen molar-refractivity contribution in [1.29, 1.82) is 0 Å². The van der Waals surface area contributed by atoms with E-state index in [0.29, 0.717) is 11.7 Å². The van der Waals surface area contributed by atoms with E-state index in [4.69, 9.17) is 22.4 Å². The van der Waals surface area contributed by atoms with Crippen LogP contribution in [0, 0.1) is 5.92 Å². The van der Waals surface area contributed by atoms with Crippen molar-refractivity contribution in [1.82, 2.24) is 10.7 Å². The molecule has 0 fully saturated rings. The Hall–Kier alpha value is -0.920. The van der Waals surface area contributed by atoms with E-state index in [1.165, 1.54) is 0 Å². The third-order valence-electron chi connectivity index (χ3n) is 1.43. The fourth-order valence-electron chi connectivity index (χ4n) is 0.748. The number of carboxylic acids is 1. The number of hydrogen-bond acceptors (Lipinski definition) is 3. The molecule has 13 heavy (non-hydrogen) atoms. The van der Waals surface area contributed by atoms with Crippen LogP contribution < -0.4 is 16.6 Å². The van der Waals surface area contributed by atoms with Crippen LogP contribution in [-0.4, -0.2) is 34.4 Å². The van der Waals surface area contributed by atoms with Gasteiger partial charge in [0, 0.05) is 19.1 Å². The Labute approximate surface area is 81.1 Å². The number of carboxylic acid groups (broad SMARTS) is 1. The topological polar surface area (TPSA) is 109 Å². The number of rotatable bonds is 5. The smallest absolute Gasteiger partial charge is 0.303 e. The number of hydrogen-bond donors (Lipinski definition) is 5. The van der Waals surface area contributed by atoms with Gasteiger partial charge in [-0.05, 0) is 12.2 Å². The summed E-state index contributed by atoms with van der Waals surface area (Å²) in [7, 11) is 0. The summed E-state index contributed by atoms with van der Waals surface area (Å²) in [6, 6.07) is 0. The Bertz CT molecular complexity index is 188. The first-order chi connectivity index (χ1) is 6.10. The van der Waals surface area contributed by atoms with Gasteiger partial charge in [0.05, 0.1) is 6.42 Å². The molecule has 1 unspecified atom stereocenters. The zero-order valence-electron chi connectivity index (χ0n) is 7.12. The summed E-state index contributed by atoms with van der Waals surface area (Å²) >= 11 is 4.72. The lowest BCUT2D eigenvalue weighted by atomic mass is 10.1. The van der Waals surface area contributed by atoms with Crippen LogP contribution in [0.15, 0.2) is 0 Å². The van der Waals surface area contributed by atoms with E-state index in [0.717, 1.165) is 0 Å². The third-order valence-corrected chi connectivity index (χ3v) is 1.72. The van der Waals surface area contributed by atoms with E-state index < -0.39 is 5.97 Å². The number of carbonyl (C=O) groups is 1. The van der Waals surface area contributed by atoms with Gasteiger partial charge in [-0.25, -0.2) is 5.43 Å². The van der Waals surface area contributed by atoms with Gasteiger partial charge in [-0.15, -0.1) is 0 Å². The van der Waals surface area contributed by atoms with Gasteiger partial charge in [-0.3, -0.25) is 10.6 Å². The molecule has 0 amide bonds. The fraction of sp³-hybridized carbons (Fsp3) is 0.667. The quantitative estimate of drug-likeness (QED) is 0.256. The van der Waals surface area contributed by atoms with Gasteiger partial charge >= 0.3 is 5.97 Å². The lowest BCUT2D eigenvalue weighted by molar-refractivity contribution is -0.419. The van der Waals surface area contributed by atoms with E-state index in [1.54, 1.807) is 0 Å². The van der Waals surface area contributed by atoms with Crippen molar-refractivity contribution in [2.75, 3.05) is 13.2 Å². The molecule has 0 aliphatic rings. The van der Waals surface area contributed by atoms with Gasteiger partial charge < -0.3 is 15.5 Å². The van der Waals surface area contributed by atoms with Crippen molar-refractivity contribution in [3.63, 3.8) is 0 Å². The minimum absolute atomic E-state index is 0.0801. The number of thiocarbonyl (C=S) groups is 1. The van der Waals surface area contributed by atoms with Gasteiger partial charge in [0.1, 0.15) is 0 Å². The lowest BCUT2D eigenvalue weighted by Gasteiger charge is -2.12. The van der Waals surface area contributed by atoms with Crippen LogP contribution in [0.2, 0.25) is 0 Å². The van der Waals surface area contributed by atoms with E-state index in [9.17, 15) is 4.79 Å². The first-order valence-corrected chi connectivity index (χ1v) is 4.14. The second kappa shape index (κ2) is 6.58. The molecule has 0 rings (SSSR count). The van der Waals surface area contributed by atoms with E-state index in [1.807, 2.05) is 0 Å². The molecule has 0 saturated carbocycles. The number of aliphatic carboxylic acids is 1. The Kier molecular flexibility index (Phi) is 6.11. The van der Waals surface area contributed by atoms with Crippen molar-refractivity contribution in [2.45, 2.75) is 6.42 Å². The zero-order valence-corrected chi connectivity index (χ0v) is 7.93. The molecule has 0 saturated heterocycles. The summed E-state index contributed by atoms with van der Waals surface area (Å²) < 4.78 is 0. The number of nitrogens with one attached hydrogen (secondary N) is 2. The summed E-state index contributed by atoms with van der Waals surface area (Å²) in [5, 5.41) is 20.3. The highest BCUT2D eigenvalue weighted by Crippen LogP contribution is 1.99. The summed E-state index contributed by atoms with van der Waals surface area (Å²) in [4.78, 5) is 10.3. The highest BCUT2D eigenvalue weighted by molar-refractivity contribution is 7.80. The van der Waals surface area contributed by atoms with Crippen molar-refractivity contribution in [3.8, 4) is 0 Å². The highest BCUT2D eigenvalue weighted by Gasteiger charge is 2.12. The van der Waals surface area contributed by atoms with Crippen LogP contribution in [0.3, 0.4) is 0 Å². The van der Waals surface area contributed by atoms with Crippen LogP contribution >= 0.6 is 12.2 Å². The van der Waals surface area contributed by atoms with Gasteiger partial charge in [-0.1, -0.05) is 0 Å². The molecule has 0 spiro atoms. The zero-order chi connectivity index (χ0) is 10.3. The molecule has 0 aromatic rings. The average molecular weight is 208 g/mol. The standard InChI is InChI=1S/C6H13N3O3S/c7-9-6(13)8-2-4(3-10)1-5(11)12/h4,10H,1-3,7H2,(H,11,12)(H2,8,9,13)/p+1. The molecule has 0 bridgehead atoms. The molecule has 0 aliphatic carbocycles. The van der Waals surface area contributed by atoms with E-state index in [2.05, 4.69) is 16.6 Å². The third kappa shape index (κ3) is 6.26. The normalized spacial score (nSPS) is 11.8. The molecule has 0 aliphatic heterocycles. The van der Waals surface area contributed by atoms with E-state index >= 15 is 0 Å². The van der Waals surface area contributed by atoms with Crippen LogP contribution in [0.25, 0.3) is 0 Å². The minimum atomic E-state index is -0.936. The number of aliphatic hydroxyl groups is 1. The maximum atomic E-state index is 10.3.